The summed E-state index contributed by atoms with van der Waals surface area (Å²) in [4.78, 5) is 14.9. The molecule has 29 heavy (non-hydrogen) atoms. The van der Waals surface area contributed by atoms with E-state index in [4.69, 9.17) is 0 Å². The Kier molecular flexibility index (Phi) is 7.51. The second-order valence-corrected chi connectivity index (χ2v) is 8.13. The predicted molar refractivity (Wildman–Crippen MR) is 124 cm³/mol. The van der Waals surface area contributed by atoms with E-state index in [0.29, 0.717) is 0 Å². The fourth-order valence-corrected chi connectivity index (χ4v) is 4.24. The lowest BCUT2D eigenvalue weighted by Crippen LogP contribution is -2.51. The molecule has 5 heteroatoms. The summed E-state index contributed by atoms with van der Waals surface area (Å²) in [5.41, 5.74) is 3.82. The van der Waals surface area contributed by atoms with Crippen molar-refractivity contribution in [3.8, 4) is 0 Å². The van der Waals surface area contributed by atoms with E-state index in [-0.39, 0.29) is 7.43 Å². The Morgan fingerprint density at radius 2 is 1.31 bits per heavy atom. The highest BCUT2D eigenvalue weighted by atomic mass is 15.3. The number of piperazine rings is 2. The second-order valence-electron chi connectivity index (χ2n) is 8.13. The van der Waals surface area contributed by atoms with Crippen molar-refractivity contribution >= 4 is 11.5 Å². The van der Waals surface area contributed by atoms with Crippen molar-refractivity contribution in [2.24, 2.45) is 0 Å². The molecule has 2 saturated heterocycles. The summed E-state index contributed by atoms with van der Waals surface area (Å²) in [6.45, 7) is 15.7. The first-order chi connectivity index (χ1) is 13.7. The number of hydrogen-bond donors (Lipinski definition) is 0. The van der Waals surface area contributed by atoms with Crippen molar-refractivity contribution in [2.75, 3.05) is 75.2 Å². The Bertz CT molecular complexity index is 696. The molecule has 0 aliphatic carbocycles. The summed E-state index contributed by atoms with van der Waals surface area (Å²) >= 11 is 0. The van der Waals surface area contributed by atoms with E-state index in [1.165, 1.54) is 37.4 Å². The van der Waals surface area contributed by atoms with Gasteiger partial charge < -0.3 is 9.80 Å². The first-order valence-electron chi connectivity index (χ1n) is 10.6. The van der Waals surface area contributed by atoms with Gasteiger partial charge in [0, 0.05) is 76.8 Å². The maximum absolute atomic E-state index is 4.67. The highest BCUT2D eigenvalue weighted by molar-refractivity contribution is 5.48. The van der Waals surface area contributed by atoms with Gasteiger partial charge in [-0.3, -0.25) is 9.80 Å². The molecular weight excluding hydrogens is 358 g/mol. The van der Waals surface area contributed by atoms with E-state index < -0.39 is 0 Å². The molecule has 0 radical (unpaired) electrons. The molecule has 2 aliphatic rings. The van der Waals surface area contributed by atoms with Gasteiger partial charge in [0.25, 0.3) is 0 Å². The molecule has 0 bridgehead atoms. The zero-order valence-corrected chi connectivity index (χ0v) is 17.3. The highest BCUT2D eigenvalue weighted by Gasteiger charge is 2.21. The highest BCUT2D eigenvalue weighted by Crippen LogP contribution is 2.18. The minimum Gasteiger partial charge on any atom is -0.369 e. The zero-order chi connectivity index (χ0) is 19.3. The van der Waals surface area contributed by atoms with Crippen LogP contribution in [0.5, 0.6) is 0 Å². The van der Waals surface area contributed by atoms with Crippen LogP contribution in [0.15, 0.2) is 42.5 Å². The Balaban J connectivity index is 0.00000240. The number of pyridine rings is 1. The number of aromatic nitrogens is 1. The third kappa shape index (κ3) is 5.71. The van der Waals surface area contributed by atoms with E-state index in [2.05, 4.69) is 80.9 Å². The van der Waals surface area contributed by atoms with E-state index >= 15 is 0 Å². The quantitative estimate of drug-likeness (QED) is 0.774. The standard InChI is InChI=1S/C23H33N5.CH4/c1-20-5-3-7-22(19-20)27-15-11-25(12-16-27)9-10-26-13-17-28(18-14-26)23-8-4-6-21(2)24-23;/h3-8,19H,9-18H2,1-2H3;1H4. The average Bonchev–Trinajstić information content (AvgIpc) is 2.73. The Morgan fingerprint density at radius 3 is 1.90 bits per heavy atom. The molecule has 0 atom stereocenters. The second kappa shape index (κ2) is 10.1. The van der Waals surface area contributed by atoms with Crippen LogP contribution in [0, 0.1) is 13.8 Å². The van der Waals surface area contributed by atoms with Crippen LogP contribution in [0.3, 0.4) is 0 Å². The molecule has 0 unspecified atom stereocenters. The largest absolute Gasteiger partial charge is 0.369 e. The number of benzene rings is 1. The molecule has 2 fully saturated rings. The van der Waals surface area contributed by atoms with Gasteiger partial charge in [-0.1, -0.05) is 25.6 Å². The van der Waals surface area contributed by atoms with Crippen LogP contribution < -0.4 is 9.80 Å². The van der Waals surface area contributed by atoms with Gasteiger partial charge in [-0.25, -0.2) is 4.98 Å². The molecule has 0 N–H and O–H groups in total. The van der Waals surface area contributed by atoms with Crippen molar-refractivity contribution in [1.29, 1.82) is 0 Å². The summed E-state index contributed by atoms with van der Waals surface area (Å²) in [6.07, 6.45) is 0. The molecule has 0 amide bonds. The molecular formula is C24H37N5. The van der Waals surface area contributed by atoms with Crippen LogP contribution in [0.1, 0.15) is 18.7 Å². The minimum absolute atomic E-state index is 0. The summed E-state index contributed by atoms with van der Waals surface area (Å²) in [5, 5.41) is 0. The van der Waals surface area contributed by atoms with Crippen LogP contribution in [0.2, 0.25) is 0 Å². The Morgan fingerprint density at radius 1 is 0.724 bits per heavy atom. The molecule has 1 aromatic carbocycles. The number of anilines is 2. The lowest BCUT2D eigenvalue weighted by molar-refractivity contribution is 0.190. The van der Waals surface area contributed by atoms with Crippen LogP contribution in [0.25, 0.3) is 0 Å². The fraction of sp³-hybridized carbons (Fsp3) is 0.542. The third-order valence-corrected chi connectivity index (χ3v) is 6.04. The average molecular weight is 396 g/mol. The van der Waals surface area contributed by atoms with Gasteiger partial charge in [0.15, 0.2) is 0 Å². The normalized spacial score (nSPS) is 18.6. The maximum Gasteiger partial charge on any atom is 0.128 e. The summed E-state index contributed by atoms with van der Waals surface area (Å²) in [5.74, 6) is 1.13. The molecule has 158 valence electrons. The zero-order valence-electron chi connectivity index (χ0n) is 17.3. The van der Waals surface area contributed by atoms with Crippen molar-refractivity contribution in [1.82, 2.24) is 14.8 Å². The van der Waals surface area contributed by atoms with Gasteiger partial charge in [0.1, 0.15) is 5.82 Å². The van der Waals surface area contributed by atoms with Gasteiger partial charge in [0.05, 0.1) is 0 Å². The smallest absolute Gasteiger partial charge is 0.128 e. The van der Waals surface area contributed by atoms with Gasteiger partial charge in [-0.2, -0.15) is 0 Å². The van der Waals surface area contributed by atoms with E-state index in [1.807, 2.05) is 0 Å². The van der Waals surface area contributed by atoms with Gasteiger partial charge in [-0.15, -0.1) is 0 Å². The lowest BCUT2D eigenvalue weighted by atomic mass is 10.2. The third-order valence-electron chi connectivity index (χ3n) is 6.04. The summed E-state index contributed by atoms with van der Waals surface area (Å²) in [7, 11) is 0. The van der Waals surface area contributed by atoms with E-state index in [1.54, 1.807) is 0 Å². The van der Waals surface area contributed by atoms with Crippen molar-refractivity contribution in [3.63, 3.8) is 0 Å². The van der Waals surface area contributed by atoms with E-state index in [0.717, 1.165) is 50.8 Å². The predicted octanol–water partition coefficient (Wildman–Crippen LogP) is 3.28. The number of hydrogen-bond acceptors (Lipinski definition) is 5. The van der Waals surface area contributed by atoms with Crippen LogP contribution in [-0.2, 0) is 0 Å². The van der Waals surface area contributed by atoms with Gasteiger partial charge in [0.2, 0.25) is 0 Å². The Labute approximate surface area is 176 Å². The van der Waals surface area contributed by atoms with Gasteiger partial charge >= 0.3 is 0 Å². The SMILES string of the molecule is C.Cc1cccc(N2CCN(CCN3CCN(c4cccc(C)n4)CC3)CC2)c1. The van der Waals surface area contributed by atoms with Gasteiger partial charge in [-0.05, 0) is 43.7 Å². The number of aryl methyl sites for hydroxylation is 2. The van der Waals surface area contributed by atoms with Crippen molar-refractivity contribution in [2.45, 2.75) is 21.3 Å². The molecule has 2 aromatic rings. The first kappa shape index (κ1) is 21.6. The lowest BCUT2D eigenvalue weighted by Gasteiger charge is -2.39. The van der Waals surface area contributed by atoms with Crippen LogP contribution in [-0.4, -0.2) is 80.2 Å². The summed E-state index contributed by atoms with van der Waals surface area (Å²) < 4.78 is 0. The number of nitrogens with zero attached hydrogens (tertiary/aromatic N) is 5. The first-order valence-corrected chi connectivity index (χ1v) is 10.6. The molecule has 0 spiro atoms. The summed E-state index contributed by atoms with van der Waals surface area (Å²) in [6, 6.07) is 15.2. The molecule has 1 aromatic heterocycles. The fourth-order valence-electron chi connectivity index (χ4n) is 4.24. The minimum atomic E-state index is 0. The molecule has 0 saturated carbocycles. The monoisotopic (exact) mass is 395 g/mol. The molecule has 5 nitrogen and oxygen atoms in total. The topological polar surface area (TPSA) is 25.9 Å². The molecule has 2 aliphatic heterocycles. The van der Waals surface area contributed by atoms with Crippen molar-refractivity contribution in [3.05, 3.63) is 53.7 Å². The van der Waals surface area contributed by atoms with Crippen LogP contribution >= 0.6 is 0 Å². The maximum atomic E-state index is 4.67. The van der Waals surface area contributed by atoms with Crippen LogP contribution in [0.4, 0.5) is 11.5 Å². The molecule has 4 rings (SSSR count). The van der Waals surface area contributed by atoms with Crippen molar-refractivity contribution < 1.29 is 0 Å². The molecule has 3 heterocycles. The van der Waals surface area contributed by atoms with E-state index in [9.17, 15) is 0 Å². The number of rotatable bonds is 5. The Hall–Kier alpha value is -2.11.